The summed E-state index contributed by atoms with van der Waals surface area (Å²) in [5.41, 5.74) is 0. The van der Waals surface area contributed by atoms with Gasteiger partial charge in [-0.05, 0) is 25.3 Å². The summed E-state index contributed by atoms with van der Waals surface area (Å²) in [7, 11) is 0. The van der Waals surface area contributed by atoms with Gasteiger partial charge in [-0.2, -0.15) is 13.2 Å². The molecule has 2 N–H and O–H groups in total. The Balaban J connectivity index is 1.90. The largest absolute Gasteiger partial charge is 0.393 e. The molecule has 1 aliphatic carbocycles. The van der Waals surface area contributed by atoms with Crippen molar-refractivity contribution in [1.29, 1.82) is 0 Å². The van der Waals surface area contributed by atoms with Crippen molar-refractivity contribution < 1.29 is 18.3 Å². The van der Waals surface area contributed by atoms with Crippen molar-refractivity contribution in [1.82, 2.24) is 5.32 Å². The van der Waals surface area contributed by atoms with Crippen molar-refractivity contribution >= 4 is 0 Å². The Kier molecular flexibility index (Phi) is 3.55. The molecule has 0 aromatic heterocycles. The maximum absolute atomic E-state index is 11.7. The molecule has 5 heteroatoms. The number of hydrogen-bond acceptors (Lipinski definition) is 2. The number of alkyl halides is 3. The van der Waals surface area contributed by atoms with E-state index in [2.05, 4.69) is 5.32 Å². The summed E-state index contributed by atoms with van der Waals surface area (Å²) in [5, 5.41) is 11.6. The number of hydrogen-bond donors (Lipinski definition) is 2. The molecule has 1 rings (SSSR count). The molecule has 0 aliphatic heterocycles. The van der Waals surface area contributed by atoms with Crippen LogP contribution < -0.4 is 5.32 Å². The van der Waals surface area contributed by atoms with E-state index in [-0.39, 0.29) is 12.6 Å². The number of nitrogens with one attached hydrogen (secondary N) is 1. The van der Waals surface area contributed by atoms with Gasteiger partial charge < -0.3 is 10.4 Å². The molecule has 1 aliphatic rings. The van der Waals surface area contributed by atoms with Crippen LogP contribution in [-0.2, 0) is 0 Å². The van der Waals surface area contributed by atoms with Crippen molar-refractivity contribution in [2.45, 2.75) is 31.5 Å². The van der Waals surface area contributed by atoms with E-state index in [0.717, 1.165) is 12.8 Å². The standard InChI is InChI=1S/C8H14F3NO/c9-8(10,11)1-2-12-5-6-3-7(13)4-6/h6-7,12-13H,1-5H2. The fourth-order valence-electron chi connectivity index (χ4n) is 1.40. The fraction of sp³-hybridized carbons (Fsp3) is 1.00. The zero-order valence-electron chi connectivity index (χ0n) is 7.27. The van der Waals surface area contributed by atoms with E-state index in [4.69, 9.17) is 5.11 Å². The van der Waals surface area contributed by atoms with E-state index >= 15 is 0 Å². The highest BCUT2D eigenvalue weighted by Gasteiger charge is 2.28. The summed E-state index contributed by atoms with van der Waals surface area (Å²) in [4.78, 5) is 0. The molecule has 0 amide bonds. The summed E-state index contributed by atoms with van der Waals surface area (Å²) >= 11 is 0. The molecule has 0 aromatic carbocycles. The lowest BCUT2D eigenvalue weighted by atomic mass is 9.82. The van der Waals surface area contributed by atoms with Crippen molar-refractivity contribution in [2.24, 2.45) is 5.92 Å². The topological polar surface area (TPSA) is 32.3 Å². The van der Waals surface area contributed by atoms with Gasteiger partial charge in [0.25, 0.3) is 0 Å². The zero-order chi connectivity index (χ0) is 9.90. The number of aliphatic hydroxyl groups is 1. The molecule has 0 bridgehead atoms. The Labute approximate surface area is 75.1 Å². The second-order valence-electron chi connectivity index (χ2n) is 3.56. The van der Waals surface area contributed by atoms with Gasteiger partial charge in [-0.1, -0.05) is 0 Å². The Morgan fingerprint density at radius 1 is 1.31 bits per heavy atom. The van der Waals surface area contributed by atoms with Crippen LogP contribution in [-0.4, -0.2) is 30.5 Å². The van der Waals surface area contributed by atoms with Gasteiger partial charge in [0.05, 0.1) is 12.5 Å². The Morgan fingerprint density at radius 3 is 2.38 bits per heavy atom. The van der Waals surface area contributed by atoms with E-state index in [0.29, 0.717) is 12.5 Å². The molecular weight excluding hydrogens is 183 g/mol. The Hall–Kier alpha value is -0.290. The van der Waals surface area contributed by atoms with Gasteiger partial charge in [0.15, 0.2) is 0 Å². The average Bonchev–Trinajstić information content (AvgIpc) is 1.91. The second kappa shape index (κ2) is 4.28. The lowest BCUT2D eigenvalue weighted by Crippen LogP contribution is -2.37. The quantitative estimate of drug-likeness (QED) is 0.666. The highest BCUT2D eigenvalue weighted by Crippen LogP contribution is 2.26. The van der Waals surface area contributed by atoms with Crippen LogP contribution in [0.1, 0.15) is 19.3 Å². The summed E-state index contributed by atoms with van der Waals surface area (Å²) in [6.07, 6.45) is -3.62. The average molecular weight is 197 g/mol. The third kappa shape index (κ3) is 4.47. The molecule has 0 unspecified atom stereocenters. The maximum Gasteiger partial charge on any atom is 0.390 e. The third-order valence-electron chi connectivity index (χ3n) is 2.23. The van der Waals surface area contributed by atoms with Crippen LogP contribution in [0.25, 0.3) is 0 Å². The van der Waals surface area contributed by atoms with Gasteiger partial charge in [0.1, 0.15) is 0 Å². The van der Waals surface area contributed by atoms with Crippen molar-refractivity contribution in [3.05, 3.63) is 0 Å². The number of rotatable bonds is 4. The molecule has 1 fully saturated rings. The van der Waals surface area contributed by atoms with Crippen molar-refractivity contribution in [3.8, 4) is 0 Å². The van der Waals surface area contributed by atoms with Crippen molar-refractivity contribution in [2.75, 3.05) is 13.1 Å². The number of aliphatic hydroxyl groups excluding tert-OH is 1. The molecule has 0 heterocycles. The summed E-state index contributed by atoms with van der Waals surface area (Å²) in [6.45, 7) is 0.573. The van der Waals surface area contributed by atoms with E-state index < -0.39 is 12.6 Å². The van der Waals surface area contributed by atoms with E-state index in [1.165, 1.54) is 0 Å². The first-order valence-corrected chi connectivity index (χ1v) is 4.43. The van der Waals surface area contributed by atoms with Crippen LogP contribution in [0.15, 0.2) is 0 Å². The minimum Gasteiger partial charge on any atom is -0.393 e. The van der Waals surface area contributed by atoms with E-state index in [1.54, 1.807) is 0 Å². The predicted molar refractivity (Wildman–Crippen MR) is 42.3 cm³/mol. The minimum atomic E-state index is -4.06. The van der Waals surface area contributed by atoms with Crippen LogP contribution in [0.2, 0.25) is 0 Å². The Morgan fingerprint density at radius 2 is 1.92 bits per heavy atom. The van der Waals surface area contributed by atoms with Gasteiger partial charge in [-0.3, -0.25) is 0 Å². The highest BCUT2D eigenvalue weighted by atomic mass is 19.4. The molecule has 0 atom stereocenters. The van der Waals surface area contributed by atoms with Gasteiger partial charge >= 0.3 is 6.18 Å². The maximum atomic E-state index is 11.7. The van der Waals surface area contributed by atoms with Gasteiger partial charge in [-0.25, -0.2) is 0 Å². The molecule has 2 nitrogen and oxygen atoms in total. The first-order chi connectivity index (χ1) is 5.97. The lowest BCUT2D eigenvalue weighted by Gasteiger charge is -2.31. The normalized spacial score (nSPS) is 28.6. The van der Waals surface area contributed by atoms with Gasteiger partial charge in [-0.15, -0.1) is 0 Å². The molecule has 1 saturated carbocycles. The minimum absolute atomic E-state index is 0.0178. The first kappa shape index (κ1) is 10.8. The van der Waals surface area contributed by atoms with Crippen LogP contribution in [0.3, 0.4) is 0 Å². The monoisotopic (exact) mass is 197 g/mol. The fourth-order valence-corrected chi connectivity index (χ4v) is 1.40. The molecule has 0 spiro atoms. The van der Waals surface area contributed by atoms with Gasteiger partial charge in [0, 0.05) is 6.54 Å². The van der Waals surface area contributed by atoms with Crippen LogP contribution >= 0.6 is 0 Å². The SMILES string of the molecule is OC1CC(CNCCC(F)(F)F)C1. The van der Waals surface area contributed by atoms with Crippen molar-refractivity contribution in [3.63, 3.8) is 0 Å². The molecular formula is C8H14F3NO. The lowest BCUT2D eigenvalue weighted by molar-refractivity contribution is -0.133. The summed E-state index contributed by atoms with van der Waals surface area (Å²) in [6, 6.07) is 0. The first-order valence-electron chi connectivity index (χ1n) is 4.43. The van der Waals surface area contributed by atoms with Gasteiger partial charge in [0.2, 0.25) is 0 Å². The third-order valence-corrected chi connectivity index (χ3v) is 2.23. The second-order valence-corrected chi connectivity index (χ2v) is 3.56. The van der Waals surface area contributed by atoms with E-state index in [9.17, 15) is 13.2 Å². The number of halogens is 3. The molecule has 0 saturated heterocycles. The summed E-state index contributed by atoms with van der Waals surface area (Å²) < 4.78 is 35.0. The molecule has 78 valence electrons. The molecule has 0 aromatic rings. The van der Waals surface area contributed by atoms with Crippen LogP contribution in [0, 0.1) is 5.92 Å². The molecule has 13 heavy (non-hydrogen) atoms. The molecule has 0 radical (unpaired) electrons. The predicted octanol–water partition coefficient (Wildman–Crippen LogP) is 1.30. The highest BCUT2D eigenvalue weighted by molar-refractivity contribution is 4.79. The van der Waals surface area contributed by atoms with E-state index in [1.807, 2.05) is 0 Å². The summed E-state index contributed by atoms with van der Waals surface area (Å²) in [5.74, 6) is 0.364. The van der Waals surface area contributed by atoms with Crippen LogP contribution in [0.5, 0.6) is 0 Å². The van der Waals surface area contributed by atoms with Crippen LogP contribution in [0.4, 0.5) is 13.2 Å². The smallest absolute Gasteiger partial charge is 0.390 e. The zero-order valence-corrected chi connectivity index (χ0v) is 7.27. The Bertz CT molecular complexity index is 154.